The summed E-state index contributed by atoms with van der Waals surface area (Å²) in [5, 5.41) is 12.1. The molecule has 1 heterocycles. The Morgan fingerprint density at radius 1 is 1.52 bits per heavy atom. The number of halogens is 1. The molecule has 2 rings (SSSR count). The van der Waals surface area contributed by atoms with Crippen LogP contribution in [0.3, 0.4) is 0 Å². The Kier molecular flexibility index (Phi) is 6.21. The third-order valence-electron chi connectivity index (χ3n) is 4.35. The zero-order chi connectivity index (χ0) is 16.8. The average molecular weight is 324 g/mol. The van der Waals surface area contributed by atoms with Crippen LogP contribution in [-0.2, 0) is 0 Å². The number of ether oxygens (including phenoxy) is 1. The number of amides is 2. The lowest BCUT2D eigenvalue weighted by Gasteiger charge is -2.36. The Hall–Kier alpha value is -1.82. The highest BCUT2D eigenvalue weighted by Crippen LogP contribution is 2.27. The van der Waals surface area contributed by atoms with Gasteiger partial charge < -0.3 is 20.1 Å². The maximum absolute atomic E-state index is 13.5. The summed E-state index contributed by atoms with van der Waals surface area (Å²) >= 11 is 0. The van der Waals surface area contributed by atoms with Crippen molar-refractivity contribution in [1.29, 1.82) is 0 Å². The van der Waals surface area contributed by atoms with Crippen LogP contribution in [0.25, 0.3) is 0 Å². The van der Waals surface area contributed by atoms with Crippen molar-refractivity contribution in [3.8, 4) is 5.75 Å². The van der Waals surface area contributed by atoms with Crippen LogP contribution >= 0.6 is 0 Å². The van der Waals surface area contributed by atoms with Crippen LogP contribution in [0, 0.1) is 5.82 Å². The number of likely N-dealkylation sites (tertiary alicyclic amines) is 1. The first-order chi connectivity index (χ1) is 11.1. The van der Waals surface area contributed by atoms with Gasteiger partial charge in [-0.25, -0.2) is 9.18 Å². The number of carbonyl (C=O) groups excluding carboxylic acids is 1. The molecule has 128 valence electrons. The van der Waals surface area contributed by atoms with Crippen molar-refractivity contribution in [1.82, 2.24) is 10.2 Å². The number of nitrogens with zero attached hydrogens (tertiary/aromatic N) is 1. The fraction of sp³-hybridized carbons (Fsp3) is 0.588. The van der Waals surface area contributed by atoms with E-state index in [1.54, 1.807) is 17.9 Å². The molecule has 0 aromatic heterocycles. The number of aliphatic hydroxyl groups excluding tert-OH is 1. The first-order valence-electron chi connectivity index (χ1n) is 8.08. The maximum Gasteiger partial charge on any atom is 0.318 e. The Morgan fingerprint density at radius 2 is 2.30 bits per heavy atom. The van der Waals surface area contributed by atoms with E-state index in [0.29, 0.717) is 24.3 Å². The van der Waals surface area contributed by atoms with Gasteiger partial charge in [-0.15, -0.1) is 0 Å². The van der Waals surface area contributed by atoms with E-state index < -0.39 is 0 Å². The molecular weight excluding hydrogens is 299 g/mol. The molecule has 5 nitrogen and oxygen atoms in total. The second-order valence-corrected chi connectivity index (χ2v) is 5.91. The van der Waals surface area contributed by atoms with Crippen LogP contribution in [0.2, 0.25) is 0 Å². The second-order valence-electron chi connectivity index (χ2n) is 5.91. The van der Waals surface area contributed by atoms with Gasteiger partial charge in [0.05, 0.1) is 13.2 Å². The van der Waals surface area contributed by atoms with Crippen molar-refractivity contribution in [3.05, 3.63) is 29.6 Å². The minimum atomic E-state index is -0.371. The SMILES string of the molecule is COc1ccc(F)cc1C(C)NC(=O)N1CCCCC1CCO. The van der Waals surface area contributed by atoms with E-state index in [9.17, 15) is 9.18 Å². The van der Waals surface area contributed by atoms with Gasteiger partial charge in [0.2, 0.25) is 0 Å². The highest BCUT2D eigenvalue weighted by molar-refractivity contribution is 5.75. The Labute approximate surface area is 136 Å². The maximum atomic E-state index is 13.5. The number of rotatable bonds is 5. The summed E-state index contributed by atoms with van der Waals surface area (Å²) in [7, 11) is 1.52. The molecule has 0 bridgehead atoms. The topological polar surface area (TPSA) is 61.8 Å². The molecule has 23 heavy (non-hydrogen) atoms. The van der Waals surface area contributed by atoms with E-state index in [1.807, 2.05) is 0 Å². The minimum Gasteiger partial charge on any atom is -0.496 e. The van der Waals surface area contributed by atoms with Crippen LogP contribution in [0.4, 0.5) is 9.18 Å². The van der Waals surface area contributed by atoms with Gasteiger partial charge in [0.15, 0.2) is 0 Å². The molecule has 1 aliphatic rings. The molecule has 0 saturated carbocycles. The molecule has 1 fully saturated rings. The molecule has 1 aliphatic heterocycles. The van der Waals surface area contributed by atoms with Crippen molar-refractivity contribution >= 4 is 6.03 Å². The summed E-state index contributed by atoms with van der Waals surface area (Å²) in [6.45, 7) is 2.56. The summed E-state index contributed by atoms with van der Waals surface area (Å²) in [5.41, 5.74) is 0.608. The van der Waals surface area contributed by atoms with Crippen LogP contribution in [0.15, 0.2) is 18.2 Å². The number of benzene rings is 1. The molecule has 1 aromatic carbocycles. The molecule has 1 saturated heterocycles. The van der Waals surface area contributed by atoms with Crippen molar-refractivity contribution in [3.63, 3.8) is 0 Å². The molecule has 0 spiro atoms. The van der Waals surface area contributed by atoms with Crippen molar-refractivity contribution in [2.75, 3.05) is 20.3 Å². The fourth-order valence-electron chi connectivity index (χ4n) is 3.11. The van der Waals surface area contributed by atoms with Crippen molar-refractivity contribution in [2.45, 2.75) is 44.7 Å². The Morgan fingerprint density at radius 3 is 3.00 bits per heavy atom. The monoisotopic (exact) mass is 324 g/mol. The van der Waals surface area contributed by atoms with E-state index in [4.69, 9.17) is 9.84 Å². The van der Waals surface area contributed by atoms with Crippen molar-refractivity contribution < 1.29 is 19.0 Å². The number of hydrogen-bond donors (Lipinski definition) is 2. The van der Waals surface area contributed by atoms with E-state index in [2.05, 4.69) is 5.32 Å². The molecule has 0 radical (unpaired) electrons. The Bertz CT molecular complexity index is 537. The minimum absolute atomic E-state index is 0.0651. The molecule has 2 N–H and O–H groups in total. The van der Waals surface area contributed by atoms with Gasteiger partial charge in [-0.3, -0.25) is 0 Å². The first kappa shape index (κ1) is 17.5. The summed E-state index contributed by atoms with van der Waals surface area (Å²) in [6.07, 6.45) is 3.53. The molecule has 2 amide bonds. The number of hydrogen-bond acceptors (Lipinski definition) is 3. The lowest BCUT2D eigenvalue weighted by Crippen LogP contribution is -2.49. The molecule has 6 heteroatoms. The third kappa shape index (κ3) is 4.34. The molecule has 2 atom stereocenters. The van der Waals surface area contributed by atoms with Gasteiger partial charge in [0.25, 0.3) is 0 Å². The second kappa shape index (κ2) is 8.15. The summed E-state index contributed by atoms with van der Waals surface area (Å²) in [5.74, 6) is 0.183. The zero-order valence-electron chi connectivity index (χ0n) is 13.7. The number of urea groups is 1. The summed E-state index contributed by atoms with van der Waals surface area (Å²) in [4.78, 5) is 14.3. The van der Waals surface area contributed by atoms with Gasteiger partial charge in [-0.05, 0) is 50.8 Å². The molecular formula is C17H25FN2O3. The van der Waals surface area contributed by atoms with Gasteiger partial charge in [-0.2, -0.15) is 0 Å². The third-order valence-corrected chi connectivity index (χ3v) is 4.35. The van der Waals surface area contributed by atoms with Gasteiger partial charge >= 0.3 is 6.03 Å². The molecule has 0 aliphatic carbocycles. The van der Waals surface area contributed by atoms with Crippen LogP contribution in [-0.4, -0.2) is 42.3 Å². The lowest BCUT2D eigenvalue weighted by molar-refractivity contribution is 0.130. The Balaban J connectivity index is 2.08. The fourth-order valence-corrected chi connectivity index (χ4v) is 3.11. The van der Waals surface area contributed by atoms with E-state index >= 15 is 0 Å². The van der Waals surface area contributed by atoms with Crippen molar-refractivity contribution in [2.24, 2.45) is 0 Å². The number of carbonyl (C=O) groups is 1. The molecule has 1 aromatic rings. The zero-order valence-corrected chi connectivity index (χ0v) is 13.7. The van der Waals surface area contributed by atoms with E-state index in [0.717, 1.165) is 19.3 Å². The van der Waals surface area contributed by atoms with Crippen LogP contribution in [0.1, 0.15) is 44.2 Å². The largest absolute Gasteiger partial charge is 0.496 e. The van der Waals surface area contributed by atoms with Crippen LogP contribution < -0.4 is 10.1 Å². The number of methoxy groups -OCH3 is 1. The number of nitrogens with one attached hydrogen (secondary N) is 1. The van der Waals surface area contributed by atoms with Gasteiger partial charge in [0, 0.05) is 24.8 Å². The van der Waals surface area contributed by atoms with E-state index in [1.165, 1.54) is 19.2 Å². The standard InChI is InChI=1S/C17H25FN2O3/c1-12(15-11-13(18)6-7-16(15)23-2)19-17(22)20-9-4-3-5-14(20)8-10-21/h6-7,11-12,14,21H,3-5,8-10H2,1-2H3,(H,19,22). The van der Waals surface area contributed by atoms with Crippen LogP contribution in [0.5, 0.6) is 5.75 Å². The highest BCUT2D eigenvalue weighted by atomic mass is 19.1. The lowest BCUT2D eigenvalue weighted by atomic mass is 10.00. The molecule has 2 unspecified atom stereocenters. The van der Waals surface area contributed by atoms with Gasteiger partial charge in [0.1, 0.15) is 11.6 Å². The average Bonchev–Trinajstić information content (AvgIpc) is 2.55. The normalized spacial score (nSPS) is 19.3. The van der Waals surface area contributed by atoms with E-state index in [-0.39, 0.29) is 30.5 Å². The smallest absolute Gasteiger partial charge is 0.318 e. The predicted octanol–water partition coefficient (Wildman–Crippen LogP) is 2.84. The number of piperidine rings is 1. The quantitative estimate of drug-likeness (QED) is 0.875. The summed E-state index contributed by atoms with van der Waals surface area (Å²) in [6, 6.07) is 3.79. The first-order valence-corrected chi connectivity index (χ1v) is 8.08. The predicted molar refractivity (Wildman–Crippen MR) is 85.9 cm³/mol. The number of aliphatic hydroxyl groups is 1. The van der Waals surface area contributed by atoms with Gasteiger partial charge in [-0.1, -0.05) is 0 Å². The summed E-state index contributed by atoms with van der Waals surface area (Å²) < 4.78 is 18.7. The highest BCUT2D eigenvalue weighted by Gasteiger charge is 2.27.